The van der Waals surface area contributed by atoms with Gasteiger partial charge in [-0.3, -0.25) is 0 Å². The average Bonchev–Trinajstić information content (AvgIpc) is 2.97. The molecule has 92 valence electrons. The molecular formula is C10H12N8. The summed E-state index contributed by atoms with van der Waals surface area (Å²) in [7, 11) is 0. The van der Waals surface area contributed by atoms with E-state index in [9.17, 15) is 0 Å². The topological polar surface area (TPSA) is 99.8 Å². The molecule has 0 aromatic carbocycles. The van der Waals surface area contributed by atoms with Crippen LogP contribution in [-0.2, 0) is 13.1 Å². The van der Waals surface area contributed by atoms with Crippen LogP contribution in [0.25, 0.3) is 5.65 Å². The van der Waals surface area contributed by atoms with Crippen LogP contribution < -0.4 is 5.73 Å². The molecule has 3 rings (SSSR count). The Morgan fingerprint density at radius 2 is 2.11 bits per heavy atom. The maximum atomic E-state index is 5.49. The quantitative estimate of drug-likeness (QED) is 0.668. The molecule has 0 unspecified atom stereocenters. The van der Waals surface area contributed by atoms with E-state index in [0.717, 1.165) is 17.0 Å². The van der Waals surface area contributed by atoms with E-state index in [2.05, 4.69) is 25.6 Å². The van der Waals surface area contributed by atoms with E-state index in [1.807, 2.05) is 19.1 Å². The van der Waals surface area contributed by atoms with Gasteiger partial charge in [0, 0.05) is 6.54 Å². The maximum Gasteiger partial charge on any atom is 0.177 e. The highest BCUT2D eigenvalue weighted by Gasteiger charge is 2.08. The lowest BCUT2D eigenvalue weighted by Crippen LogP contribution is -2.07. The highest BCUT2D eigenvalue weighted by molar-refractivity contribution is 5.35. The van der Waals surface area contributed by atoms with Gasteiger partial charge in [-0.05, 0) is 19.1 Å². The van der Waals surface area contributed by atoms with E-state index in [4.69, 9.17) is 5.73 Å². The van der Waals surface area contributed by atoms with Crippen molar-refractivity contribution in [3.63, 3.8) is 0 Å². The Balaban J connectivity index is 1.96. The zero-order valence-electron chi connectivity index (χ0n) is 9.85. The number of hydrogen-bond donors (Lipinski definition) is 1. The van der Waals surface area contributed by atoms with Gasteiger partial charge in [-0.2, -0.15) is 9.61 Å². The zero-order chi connectivity index (χ0) is 12.5. The van der Waals surface area contributed by atoms with Gasteiger partial charge in [0.15, 0.2) is 11.5 Å². The molecule has 0 aliphatic rings. The molecule has 0 radical (unpaired) electrons. The van der Waals surface area contributed by atoms with Crippen molar-refractivity contribution in [1.29, 1.82) is 0 Å². The fraction of sp³-hybridized carbons (Fsp3) is 0.300. The van der Waals surface area contributed by atoms with Gasteiger partial charge in [-0.15, -0.1) is 15.3 Å². The van der Waals surface area contributed by atoms with Crippen molar-refractivity contribution in [3.05, 3.63) is 35.5 Å². The number of nitrogens with zero attached hydrogens (tertiary/aromatic N) is 7. The summed E-state index contributed by atoms with van der Waals surface area (Å²) in [6.07, 6.45) is 1.79. The van der Waals surface area contributed by atoms with Crippen molar-refractivity contribution >= 4 is 5.65 Å². The second kappa shape index (κ2) is 4.15. The summed E-state index contributed by atoms with van der Waals surface area (Å²) in [6.45, 7) is 2.76. The number of rotatable bonds is 3. The van der Waals surface area contributed by atoms with Gasteiger partial charge in [0.05, 0.1) is 17.6 Å². The van der Waals surface area contributed by atoms with Crippen LogP contribution in [0.1, 0.15) is 17.2 Å². The molecule has 0 amide bonds. The van der Waals surface area contributed by atoms with Crippen LogP contribution >= 0.6 is 0 Å². The molecule has 3 aromatic rings. The number of hydrogen-bond acceptors (Lipinski definition) is 6. The molecule has 0 bridgehead atoms. The third-order valence-corrected chi connectivity index (χ3v) is 2.56. The summed E-state index contributed by atoms with van der Waals surface area (Å²) in [5.41, 5.74) is 7.85. The molecule has 0 aliphatic carbocycles. The highest BCUT2D eigenvalue weighted by atomic mass is 15.4. The molecule has 0 fully saturated rings. The van der Waals surface area contributed by atoms with Crippen molar-refractivity contribution in [1.82, 2.24) is 34.8 Å². The third-order valence-electron chi connectivity index (χ3n) is 2.56. The lowest BCUT2D eigenvalue weighted by atomic mass is 10.4. The SMILES string of the molecule is Cc1ccc2nnc(Cn3cc(CN)nn3)n2n1. The Kier molecular flexibility index (Phi) is 2.49. The highest BCUT2D eigenvalue weighted by Crippen LogP contribution is 2.04. The van der Waals surface area contributed by atoms with Crippen LogP contribution in [0.2, 0.25) is 0 Å². The molecule has 0 aliphatic heterocycles. The van der Waals surface area contributed by atoms with Crippen molar-refractivity contribution < 1.29 is 0 Å². The lowest BCUT2D eigenvalue weighted by Gasteiger charge is -1.99. The molecule has 2 N–H and O–H groups in total. The van der Waals surface area contributed by atoms with Crippen LogP contribution in [0.15, 0.2) is 18.3 Å². The standard InChI is InChI=1S/C10H12N8/c1-7-2-3-9-13-14-10(18(9)15-7)6-17-5-8(4-11)12-16-17/h2-3,5H,4,6,11H2,1H3. The Hall–Kier alpha value is -2.35. The van der Waals surface area contributed by atoms with Gasteiger partial charge in [-0.1, -0.05) is 5.21 Å². The van der Waals surface area contributed by atoms with E-state index in [-0.39, 0.29) is 0 Å². The number of nitrogens with two attached hydrogens (primary N) is 1. The van der Waals surface area contributed by atoms with E-state index in [0.29, 0.717) is 18.9 Å². The maximum absolute atomic E-state index is 5.49. The summed E-state index contributed by atoms with van der Waals surface area (Å²) in [6, 6.07) is 3.78. The van der Waals surface area contributed by atoms with Crippen molar-refractivity contribution in [2.75, 3.05) is 0 Å². The van der Waals surface area contributed by atoms with Crippen LogP contribution in [0.4, 0.5) is 0 Å². The van der Waals surface area contributed by atoms with Gasteiger partial charge >= 0.3 is 0 Å². The van der Waals surface area contributed by atoms with Gasteiger partial charge in [0.25, 0.3) is 0 Å². The summed E-state index contributed by atoms with van der Waals surface area (Å²) in [4.78, 5) is 0. The first-order valence-electron chi connectivity index (χ1n) is 5.53. The molecule has 3 heterocycles. The summed E-state index contributed by atoms with van der Waals surface area (Å²) in [5, 5.41) is 20.4. The van der Waals surface area contributed by atoms with Crippen LogP contribution in [0.3, 0.4) is 0 Å². The molecule has 3 aromatic heterocycles. The monoisotopic (exact) mass is 244 g/mol. The van der Waals surface area contributed by atoms with Crippen LogP contribution in [0, 0.1) is 6.92 Å². The molecule has 0 saturated carbocycles. The second-order valence-electron chi connectivity index (χ2n) is 3.97. The van der Waals surface area contributed by atoms with Gasteiger partial charge in [0.1, 0.15) is 6.54 Å². The molecule has 18 heavy (non-hydrogen) atoms. The minimum Gasteiger partial charge on any atom is -0.325 e. The molecular weight excluding hydrogens is 232 g/mol. The Morgan fingerprint density at radius 1 is 1.22 bits per heavy atom. The minimum absolute atomic E-state index is 0.373. The van der Waals surface area contributed by atoms with Gasteiger partial charge in [-0.25, -0.2) is 4.68 Å². The van der Waals surface area contributed by atoms with E-state index < -0.39 is 0 Å². The van der Waals surface area contributed by atoms with Crippen LogP contribution in [-0.4, -0.2) is 34.8 Å². The molecule has 0 saturated heterocycles. The van der Waals surface area contributed by atoms with Crippen molar-refractivity contribution in [2.24, 2.45) is 5.73 Å². The Bertz CT molecular complexity index is 682. The van der Waals surface area contributed by atoms with Crippen LogP contribution in [0.5, 0.6) is 0 Å². The largest absolute Gasteiger partial charge is 0.325 e. The first-order chi connectivity index (χ1) is 8.76. The molecule has 0 spiro atoms. The fourth-order valence-corrected chi connectivity index (χ4v) is 1.68. The Morgan fingerprint density at radius 3 is 2.89 bits per heavy atom. The normalized spacial score (nSPS) is 11.2. The Labute approximate surface area is 102 Å². The number of aryl methyl sites for hydroxylation is 1. The molecule has 0 atom stereocenters. The van der Waals surface area contributed by atoms with E-state index >= 15 is 0 Å². The van der Waals surface area contributed by atoms with Gasteiger partial charge in [0.2, 0.25) is 0 Å². The van der Waals surface area contributed by atoms with E-state index in [1.54, 1.807) is 15.4 Å². The zero-order valence-corrected chi connectivity index (χ0v) is 9.85. The van der Waals surface area contributed by atoms with Crippen molar-refractivity contribution in [2.45, 2.75) is 20.0 Å². The van der Waals surface area contributed by atoms with Crippen molar-refractivity contribution in [3.8, 4) is 0 Å². The number of fused-ring (bicyclic) bond motifs is 1. The third kappa shape index (κ3) is 1.82. The first-order valence-corrected chi connectivity index (χ1v) is 5.53. The number of aromatic nitrogens is 7. The lowest BCUT2D eigenvalue weighted by molar-refractivity contribution is 0.609. The fourth-order valence-electron chi connectivity index (χ4n) is 1.68. The van der Waals surface area contributed by atoms with E-state index in [1.165, 1.54) is 0 Å². The molecule has 8 nitrogen and oxygen atoms in total. The summed E-state index contributed by atoms with van der Waals surface area (Å²) >= 11 is 0. The second-order valence-corrected chi connectivity index (χ2v) is 3.97. The average molecular weight is 244 g/mol. The minimum atomic E-state index is 0.373. The van der Waals surface area contributed by atoms with Gasteiger partial charge < -0.3 is 5.73 Å². The summed E-state index contributed by atoms with van der Waals surface area (Å²) in [5.74, 6) is 0.710. The molecule has 8 heteroatoms. The predicted octanol–water partition coefficient (Wildman–Crippen LogP) is -0.469. The smallest absolute Gasteiger partial charge is 0.177 e. The summed E-state index contributed by atoms with van der Waals surface area (Å²) < 4.78 is 3.38. The predicted molar refractivity (Wildman–Crippen MR) is 62.5 cm³/mol. The first kappa shape index (κ1) is 10.8.